The summed E-state index contributed by atoms with van der Waals surface area (Å²) >= 11 is 5.99. The van der Waals surface area contributed by atoms with Crippen molar-refractivity contribution in [3.05, 3.63) is 107 Å². The van der Waals surface area contributed by atoms with Crippen LogP contribution in [0.5, 0.6) is 23.0 Å². The molecule has 0 aromatic heterocycles. The van der Waals surface area contributed by atoms with Crippen molar-refractivity contribution in [2.45, 2.75) is 57.5 Å². The summed E-state index contributed by atoms with van der Waals surface area (Å²) in [6.07, 6.45) is 0.974. The number of ketones is 2. The third kappa shape index (κ3) is 12.4. The summed E-state index contributed by atoms with van der Waals surface area (Å²) in [5.74, 6) is -2.96. The summed E-state index contributed by atoms with van der Waals surface area (Å²) < 4.78 is 18.0. The minimum absolute atomic E-state index is 0.0595. The number of fused-ring (bicyclic) bond motifs is 5. The summed E-state index contributed by atoms with van der Waals surface area (Å²) in [6, 6.07) is 21.2. The number of nitrogens with zero attached hydrogens (tertiary/aromatic N) is 1. The summed E-state index contributed by atoms with van der Waals surface area (Å²) in [4.78, 5) is 70.4. The van der Waals surface area contributed by atoms with Gasteiger partial charge in [-0.3, -0.25) is 19.2 Å². The maximum Gasteiger partial charge on any atom is 0.326 e. The second-order valence-corrected chi connectivity index (χ2v) is 15.5. The molecule has 1 aliphatic rings. The van der Waals surface area contributed by atoms with E-state index < -0.39 is 47.5 Å². The monoisotopic (exact) mass is 855 g/mol. The first kappa shape index (κ1) is 46.3. The zero-order chi connectivity index (χ0) is 44.1. The normalized spacial score (nSPS) is 17.0. The number of hydrogen-bond acceptors (Lipinski definition) is 11. The van der Waals surface area contributed by atoms with Gasteiger partial charge in [-0.05, 0) is 103 Å². The van der Waals surface area contributed by atoms with Crippen molar-refractivity contribution < 1.29 is 43.3 Å². The minimum atomic E-state index is -1.31. The number of amides is 2. The molecule has 2 amide bonds. The predicted octanol–water partition coefficient (Wildman–Crippen LogP) is 5.71. The number of rotatable bonds is 18. The maximum absolute atomic E-state index is 14.7. The molecule has 4 aromatic rings. The lowest BCUT2D eigenvalue weighted by Gasteiger charge is -2.32. The van der Waals surface area contributed by atoms with Gasteiger partial charge in [0.25, 0.3) is 0 Å². The van der Waals surface area contributed by atoms with Gasteiger partial charge in [0.2, 0.25) is 11.8 Å². The quantitative estimate of drug-likeness (QED) is 0.0599. The molecule has 4 atom stereocenters. The van der Waals surface area contributed by atoms with Crippen LogP contribution < -0.4 is 36.7 Å². The van der Waals surface area contributed by atoms with Crippen molar-refractivity contribution in [2.75, 3.05) is 39.9 Å². The number of carboxylic acid groups (broad SMARTS) is 1. The molecular weight excluding hydrogens is 802 g/mol. The second-order valence-electron chi connectivity index (χ2n) is 15.1. The lowest BCUT2D eigenvalue weighted by molar-refractivity contribution is -0.144. The first-order valence-corrected chi connectivity index (χ1v) is 20.7. The molecule has 15 heteroatoms. The van der Waals surface area contributed by atoms with Crippen LogP contribution in [0.1, 0.15) is 66.6 Å². The van der Waals surface area contributed by atoms with Gasteiger partial charge in [0.1, 0.15) is 48.3 Å². The SMILES string of the molecule is C[C@@H]1CC(=O)[C@@H](N(C)C(=O)[C@H](CCCCN)CC(=O)c2ccc(Oc3ccc(Cl)cc3)cc2)c2ccc(OCCN)c(c2)-c2cc(ccc2OCCN)C[C@@H](C(=O)O)NC1=O. The summed E-state index contributed by atoms with van der Waals surface area (Å²) in [6.45, 7) is 2.68. The fourth-order valence-electron chi connectivity index (χ4n) is 7.27. The van der Waals surface area contributed by atoms with E-state index in [0.717, 1.165) is 0 Å². The van der Waals surface area contributed by atoms with Crippen LogP contribution in [0, 0.1) is 11.8 Å². The molecule has 0 unspecified atom stereocenters. The van der Waals surface area contributed by atoms with Gasteiger partial charge in [-0.1, -0.05) is 37.1 Å². The van der Waals surface area contributed by atoms with Crippen LogP contribution in [0.2, 0.25) is 5.02 Å². The zero-order valence-electron chi connectivity index (χ0n) is 34.4. The van der Waals surface area contributed by atoms with Crippen LogP contribution in [0.4, 0.5) is 0 Å². The van der Waals surface area contributed by atoms with E-state index in [4.69, 9.17) is 43.0 Å². The molecule has 4 aromatic carbocycles. The molecule has 5 rings (SSSR count). The van der Waals surface area contributed by atoms with Crippen molar-refractivity contribution >= 4 is 41.0 Å². The Hall–Kier alpha value is -5.80. The van der Waals surface area contributed by atoms with Crippen molar-refractivity contribution in [1.82, 2.24) is 10.2 Å². The number of carboxylic acids is 1. The summed E-state index contributed by atoms with van der Waals surface area (Å²) in [5, 5.41) is 13.3. The third-order valence-electron chi connectivity index (χ3n) is 10.5. The number of ether oxygens (including phenoxy) is 3. The van der Waals surface area contributed by atoms with Crippen molar-refractivity contribution in [2.24, 2.45) is 29.0 Å². The highest BCUT2D eigenvalue weighted by atomic mass is 35.5. The number of carbonyl (C=O) groups excluding carboxylic acids is 4. The van der Waals surface area contributed by atoms with Gasteiger partial charge in [-0.15, -0.1) is 0 Å². The highest BCUT2D eigenvalue weighted by molar-refractivity contribution is 6.30. The number of Topliss-reactive ketones (excluding diaryl/α,β-unsaturated/α-hetero) is 2. The summed E-state index contributed by atoms with van der Waals surface area (Å²) in [7, 11) is 1.51. The molecule has 0 radical (unpaired) electrons. The molecule has 0 spiro atoms. The standard InChI is InChI=1S/C46H54ClN5O9/c1-28-23-40(54)43(52(2)45(56)32(5-3-4-18-48)27-39(53)30-7-12-34(13-8-30)61-35-14-10-33(47)11-15-35)31-9-17-42(60-22-20-50)37(26-31)36-24-29(6-16-41(36)59-21-19-49)25-38(46(57)58)51-44(28)55/h6-17,24,26,28,32,38,43H,3-5,18-23,25,27,48-50H2,1-2H3,(H,51,55)(H,57,58)/t28-,32-,38+,43+/m1/s1. The number of aliphatic carboxylic acids is 1. The minimum Gasteiger partial charge on any atom is -0.492 e. The van der Waals surface area contributed by atoms with Crippen LogP contribution in [0.3, 0.4) is 0 Å². The molecule has 0 fully saturated rings. The van der Waals surface area contributed by atoms with Crippen LogP contribution in [0.15, 0.2) is 84.9 Å². The molecule has 1 aliphatic heterocycles. The van der Waals surface area contributed by atoms with E-state index in [1.165, 1.54) is 18.9 Å². The maximum atomic E-state index is 14.7. The number of likely N-dealkylation sites (N-methyl/N-ethyl adjacent to an activating group) is 1. The van der Waals surface area contributed by atoms with E-state index in [0.29, 0.717) is 81.6 Å². The number of nitrogens with two attached hydrogens (primary N) is 3. The van der Waals surface area contributed by atoms with Gasteiger partial charge in [-0.2, -0.15) is 0 Å². The lowest BCUT2D eigenvalue weighted by Crippen LogP contribution is -2.45. The predicted molar refractivity (Wildman–Crippen MR) is 232 cm³/mol. The van der Waals surface area contributed by atoms with Gasteiger partial charge in [-0.25, -0.2) is 4.79 Å². The Kier molecular flexibility index (Phi) is 16.8. The zero-order valence-corrected chi connectivity index (χ0v) is 35.2. The van der Waals surface area contributed by atoms with Gasteiger partial charge >= 0.3 is 5.97 Å². The lowest BCUT2D eigenvalue weighted by atomic mass is 9.88. The number of carbonyl (C=O) groups is 5. The Morgan fingerprint density at radius 3 is 2.03 bits per heavy atom. The molecular formula is C46H54ClN5O9. The van der Waals surface area contributed by atoms with E-state index in [1.54, 1.807) is 84.9 Å². The number of halogens is 1. The molecule has 4 bridgehead atoms. The third-order valence-corrected chi connectivity index (χ3v) is 10.7. The van der Waals surface area contributed by atoms with Crippen LogP contribution in [0.25, 0.3) is 11.1 Å². The molecule has 324 valence electrons. The van der Waals surface area contributed by atoms with E-state index in [9.17, 15) is 29.1 Å². The first-order valence-electron chi connectivity index (χ1n) is 20.4. The van der Waals surface area contributed by atoms with Crippen molar-refractivity contribution in [3.8, 4) is 34.1 Å². The van der Waals surface area contributed by atoms with Gasteiger partial charge in [0.05, 0.1) is 0 Å². The second kappa shape index (κ2) is 22.2. The smallest absolute Gasteiger partial charge is 0.326 e. The Bertz CT molecular complexity index is 2170. The number of nitrogens with one attached hydrogen (secondary N) is 1. The first-order chi connectivity index (χ1) is 29.3. The number of benzene rings is 4. The van der Waals surface area contributed by atoms with Gasteiger partial charge < -0.3 is 46.7 Å². The molecule has 0 aliphatic carbocycles. The van der Waals surface area contributed by atoms with E-state index in [-0.39, 0.29) is 51.3 Å². The Labute approximate surface area is 360 Å². The van der Waals surface area contributed by atoms with Gasteiger partial charge in [0, 0.05) is 72.9 Å². The van der Waals surface area contributed by atoms with Gasteiger partial charge in [0.15, 0.2) is 11.6 Å². The molecule has 0 saturated carbocycles. The fraction of sp³-hybridized carbons (Fsp3) is 0.370. The Morgan fingerprint density at radius 1 is 0.820 bits per heavy atom. The highest BCUT2D eigenvalue weighted by Gasteiger charge is 2.36. The average Bonchev–Trinajstić information content (AvgIpc) is 3.25. The Morgan fingerprint density at radius 2 is 1.43 bits per heavy atom. The van der Waals surface area contributed by atoms with Crippen LogP contribution in [-0.2, 0) is 25.6 Å². The largest absolute Gasteiger partial charge is 0.492 e. The molecule has 8 N–H and O–H groups in total. The van der Waals surface area contributed by atoms with E-state index in [2.05, 4.69) is 5.32 Å². The van der Waals surface area contributed by atoms with E-state index in [1.807, 2.05) is 0 Å². The molecule has 1 heterocycles. The molecule has 14 nitrogen and oxygen atoms in total. The van der Waals surface area contributed by atoms with Crippen LogP contribution >= 0.6 is 11.6 Å². The van der Waals surface area contributed by atoms with E-state index >= 15 is 0 Å². The number of hydrogen-bond donors (Lipinski definition) is 5. The average molecular weight is 856 g/mol. The topological polar surface area (TPSA) is 227 Å². The molecule has 0 saturated heterocycles. The van der Waals surface area contributed by atoms with Crippen LogP contribution in [-0.4, -0.2) is 85.3 Å². The highest BCUT2D eigenvalue weighted by Crippen LogP contribution is 2.41. The fourth-order valence-corrected chi connectivity index (χ4v) is 7.39. The Balaban J connectivity index is 1.55. The number of unbranched alkanes of at least 4 members (excludes halogenated alkanes) is 1. The molecule has 61 heavy (non-hydrogen) atoms. The van der Waals surface area contributed by atoms with Crippen molar-refractivity contribution in [3.63, 3.8) is 0 Å². The summed E-state index contributed by atoms with van der Waals surface area (Å²) in [5.41, 5.74) is 19.8. The van der Waals surface area contributed by atoms with Crippen molar-refractivity contribution in [1.29, 1.82) is 0 Å².